The van der Waals surface area contributed by atoms with Crippen LogP contribution >= 0.6 is 0 Å². The van der Waals surface area contributed by atoms with Crippen LogP contribution in [0.5, 0.6) is 0 Å². The van der Waals surface area contributed by atoms with Crippen molar-refractivity contribution in [2.24, 2.45) is 92.7 Å². The number of esters is 2. The van der Waals surface area contributed by atoms with Gasteiger partial charge in [-0.05, 0) is 172 Å². The van der Waals surface area contributed by atoms with Gasteiger partial charge < -0.3 is 19.1 Å². The molecule has 1 heterocycles. The second kappa shape index (κ2) is 16.5. The fraction of sp³-hybridized carbons (Fsp3) is 0.923. The molecule has 0 aromatic rings. The van der Waals surface area contributed by atoms with E-state index in [2.05, 4.69) is 41.5 Å². The molecule has 0 N–H and O–H groups in total. The van der Waals surface area contributed by atoms with E-state index in [1.165, 1.54) is 12.8 Å². The van der Waals surface area contributed by atoms with Crippen LogP contribution in [0.3, 0.4) is 0 Å². The molecule has 0 bridgehead atoms. The quantitative estimate of drug-likeness (QED) is 0.119. The first-order chi connectivity index (χ1) is 29.5. The lowest BCUT2D eigenvalue weighted by molar-refractivity contribution is -0.667. The van der Waals surface area contributed by atoms with Gasteiger partial charge in [0.1, 0.15) is 24.8 Å². The molecule has 8 aliphatic carbocycles. The number of rotatable bonds is 10. The van der Waals surface area contributed by atoms with Gasteiger partial charge in [-0.3, -0.25) is 9.59 Å². The Hall–Kier alpha value is -1.88. The Balaban J connectivity index is 0.866. The summed E-state index contributed by atoms with van der Waals surface area (Å²) in [5.74, 6) is 3.35. The van der Waals surface area contributed by atoms with E-state index in [-0.39, 0.29) is 45.8 Å². The van der Waals surface area contributed by atoms with Crippen LogP contribution in [0.25, 0.3) is 0 Å². The highest BCUT2D eigenvalue weighted by Crippen LogP contribution is 2.72. The lowest BCUT2D eigenvalue weighted by atomic mass is 9.43. The largest absolute Gasteiger partial charge is 0.462 e. The molecule has 9 aliphatic rings. The second-order valence-corrected chi connectivity index (χ2v) is 24.1. The Bertz CT molecular complexity index is 1580. The minimum atomic E-state index is -0.932. The Kier molecular flexibility index (Phi) is 12.0. The number of carbonyl (C=O) groups excluding carboxylic acids is 4. The van der Waals surface area contributed by atoms with Gasteiger partial charge in [0, 0.05) is 63.2 Å². The summed E-state index contributed by atoms with van der Waals surface area (Å²) in [5, 5.41) is 0. The standard InChI is InChI=1S/C52H80O10/c1-31(11-9-25-53)39-17-19-41-37-15-13-35-29-51(23-21-47(35,5)43(37)27-45(49(39,41)7)57-33(3)55)59-61-52(62-60-51)24-22-48(6)36(30-52)14-16-38-42-20-18-40(32(2)12-10-26-54)50(42,8)46(28-44(38)48)58-34(4)56/h25-26,31-32,35-46H,9-24,27-30H2,1-8H3/t31-,32-,35-,36-,37+,38+,39-,40-,41+,42+,43+,44+,45+,46+,47+,48+,49-,50-,51?,52?/m1/s1. The molecule has 348 valence electrons. The molecule has 9 fully saturated rings. The smallest absolute Gasteiger partial charge is 0.302 e. The summed E-state index contributed by atoms with van der Waals surface area (Å²) in [7, 11) is 0. The fourth-order valence-corrected chi connectivity index (χ4v) is 18.6. The number of fused-ring (bicyclic) bond motifs is 10. The molecule has 62 heavy (non-hydrogen) atoms. The Morgan fingerprint density at radius 3 is 1.31 bits per heavy atom. The topological polar surface area (TPSA) is 124 Å². The summed E-state index contributed by atoms with van der Waals surface area (Å²) in [6.07, 6.45) is 20.6. The summed E-state index contributed by atoms with van der Waals surface area (Å²) in [5.41, 5.74) is -0.0230. The van der Waals surface area contributed by atoms with Gasteiger partial charge in [0.05, 0.1) is 0 Å². The molecule has 10 nitrogen and oxygen atoms in total. The number of hydrogen-bond donors (Lipinski definition) is 0. The van der Waals surface area contributed by atoms with Crippen LogP contribution in [0.15, 0.2) is 0 Å². The van der Waals surface area contributed by atoms with E-state index in [0.29, 0.717) is 96.7 Å². The molecule has 0 aromatic carbocycles. The predicted molar refractivity (Wildman–Crippen MR) is 231 cm³/mol. The van der Waals surface area contributed by atoms with Crippen molar-refractivity contribution in [1.82, 2.24) is 0 Å². The van der Waals surface area contributed by atoms with Crippen LogP contribution in [0, 0.1) is 92.7 Å². The third-order valence-electron chi connectivity index (χ3n) is 21.8. The van der Waals surface area contributed by atoms with E-state index >= 15 is 0 Å². The normalized spacial score (nSPS) is 51.4. The molecule has 1 saturated heterocycles. The van der Waals surface area contributed by atoms with E-state index in [4.69, 9.17) is 29.0 Å². The minimum Gasteiger partial charge on any atom is -0.462 e. The predicted octanol–water partition coefficient (Wildman–Crippen LogP) is 10.9. The number of hydrogen-bond acceptors (Lipinski definition) is 10. The maximum atomic E-state index is 12.7. The summed E-state index contributed by atoms with van der Waals surface area (Å²) in [4.78, 5) is 74.3. The first-order valence-electron chi connectivity index (χ1n) is 25.4. The first kappa shape index (κ1) is 45.3. The minimum absolute atomic E-state index is 0.0647. The van der Waals surface area contributed by atoms with Gasteiger partial charge in [-0.2, -0.15) is 19.6 Å². The van der Waals surface area contributed by atoms with Gasteiger partial charge in [-0.25, -0.2) is 0 Å². The molecule has 10 heteroatoms. The third kappa shape index (κ3) is 7.04. The molecule has 2 spiro atoms. The maximum absolute atomic E-state index is 12.7. The van der Waals surface area contributed by atoms with Crippen LogP contribution in [0.1, 0.15) is 184 Å². The fourth-order valence-electron chi connectivity index (χ4n) is 18.6. The van der Waals surface area contributed by atoms with E-state index < -0.39 is 11.6 Å². The van der Waals surface area contributed by atoms with E-state index in [1.807, 2.05) is 0 Å². The summed E-state index contributed by atoms with van der Waals surface area (Å²) < 4.78 is 12.7. The van der Waals surface area contributed by atoms with Gasteiger partial charge in [0.25, 0.3) is 0 Å². The van der Waals surface area contributed by atoms with E-state index in [0.717, 1.165) is 102 Å². The van der Waals surface area contributed by atoms with Crippen molar-refractivity contribution in [2.75, 3.05) is 0 Å². The van der Waals surface area contributed by atoms with Crippen LogP contribution in [-0.4, -0.2) is 48.3 Å². The Labute approximate surface area is 371 Å². The zero-order valence-corrected chi connectivity index (χ0v) is 39.5. The molecule has 8 saturated carbocycles. The number of ether oxygens (including phenoxy) is 2. The van der Waals surface area contributed by atoms with Crippen molar-refractivity contribution in [3.63, 3.8) is 0 Å². The SMILES string of the molecule is CC(=O)O[C@H]1C[C@H]2[C@@H](CC[C@@H]3CC4(CC[C@@]32C)OOC2(CC[C@@]3(C)[C@H](CC[C@@H]5[C@@H]3C[C@H](OC(C)=O)[C@]3(C)[C@@H]([C@H](C)CCC=O)CC[C@@H]53)C2)OO4)[C@@H]2CC[C@H]([C@H](C)CCC=O)[C@@]12C. The molecule has 0 unspecified atom stereocenters. The van der Waals surface area contributed by atoms with Gasteiger partial charge >= 0.3 is 11.9 Å². The van der Waals surface area contributed by atoms with Crippen molar-refractivity contribution in [3.8, 4) is 0 Å². The van der Waals surface area contributed by atoms with Crippen LogP contribution in [0.4, 0.5) is 0 Å². The van der Waals surface area contributed by atoms with Gasteiger partial charge in [0.2, 0.25) is 11.6 Å². The van der Waals surface area contributed by atoms with Gasteiger partial charge in [-0.15, -0.1) is 0 Å². The van der Waals surface area contributed by atoms with Gasteiger partial charge in [-0.1, -0.05) is 41.5 Å². The molecular formula is C52H80O10. The zero-order valence-electron chi connectivity index (χ0n) is 39.5. The van der Waals surface area contributed by atoms with Crippen molar-refractivity contribution in [1.29, 1.82) is 0 Å². The van der Waals surface area contributed by atoms with Gasteiger partial charge in [0.15, 0.2) is 0 Å². The number of carbonyl (C=O) groups is 4. The average molecular weight is 865 g/mol. The summed E-state index contributed by atoms with van der Waals surface area (Å²) in [6.45, 7) is 17.6. The molecule has 9 rings (SSSR count). The highest BCUT2D eigenvalue weighted by Gasteiger charge is 2.69. The molecular weight excluding hydrogens is 785 g/mol. The molecule has 0 amide bonds. The number of aldehydes is 2. The van der Waals surface area contributed by atoms with Crippen molar-refractivity contribution >= 4 is 24.5 Å². The lowest BCUT2D eigenvalue weighted by Gasteiger charge is -2.64. The van der Waals surface area contributed by atoms with Crippen LogP contribution < -0.4 is 0 Å². The second-order valence-electron chi connectivity index (χ2n) is 24.1. The lowest BCUT2D eigenvalue weighted by Crippen LogP contribution is -2.63. The van der Waals surface area contributed by atoms with Crippen molar-refractivity contribution in [2.45, 2.75) is 208 Å². The highest BCUT2D eigenvalue weighted by atomic mass is 17.4. The third-order valence-corrected chi connectivity index (χ3v) is 21.8. The van der Waals surface area contributed by atoms with Crippen molar-refractivity contribution < 1.29 is 48.2 Å². The van der Waals surface area contributed by atoms with Crippen molar-refractivity contribution in [3.05, 3.63) is 0 Å². The molecule has 1 aliphatic heterocycles. The molecule has 0 aromatic heterocycles. The average Bonchev–Trinajstić information content (AvgIpc) is 3.79. The first-order valence-corrected chi connectivity index (χ1v) is 25.4. The summed E-state index contributed by atoms with van der Waals surface area (Å²) in [6, 6.07) is 0. The molecule has 0 radical (unpaired) electrons. The molecule has 18 atom stereocenters. The van der Waals surface area contributed by atoms with E-state index in [9.17, 15) is 19.2 Å². The van der Waals surface area contributed by atoms with Crippen LogP contribution in [0.2, 0.25) is 0 Å². The van der Waals surface area contributed by atoms with Crippen LogP contribution in [-0.2, 0) is 48.2 Å². The maximum Gasteiger partial charge on any atom is 0.302 e. The Morgan fingerprint density at radius 1 is 0.565 bits per heavy atom. The Morgan fingerprint density at radius 2 is 0.952 bits per heavy atom. The summed E-state index contributed by atoms with van der Waals surface area (Å²) >= 11 is 0. The highest BCUT2D eigenvalue weighted by molar-refractivity contribution is 5.66. The van der Waals surface area contributed by atoms with E-state index in [1.54, 1.807) is 13.8 Å². The monoisotopic (exact) mass is 865 g/mol. The zero-order chi connectivity index (χ0) is 44.0.